The third kappa shape index (κ3) is 2.84. The molecular formula is C11H12ClNOS. The van der Waals surface area contributed by atoms with Crippen LogP contribution in [0.2, 0.25) is 5.22 Å². The van der Waals surface area contributed by atoms with Crippen molar-refractivity contribution in [3.05, 3.63) is 45.5 Å². The summed E-state index contributed by atoms with van der Waals surface area (Å²) in [6.45, 7) is 2.83. The number of thiophene rings is 1. The van der Waals surface area contributed by atoms with Gasteiger partial charge in [-0.15, -0.1) is 0 Å². The van der Waals surface area contributed by atoms with E-state index in [-0.39, 0.29) is 0 Å². The van der Waals surface area contributed by atoms with E-state index < -0.39 is 0 Å². The Hall–Kier alpha value is -0.770. The summed E-state index contributed by atoms with van der Waals surface area (Å²) in [4.78, 5) is 0. The van der Waals surface area contributed by atoms with Gasteiger partial charge in [0.25, 0.3) is 0 Å². The van der Waals surface area contributed by atoms with Gasteiger partial charge in [-0.1, -0.05) is 0 Å². The smallest absolute Gasteiger partial charge is 0.193 e. The van der Waals surface area contributed by atoms with Crippen molar-refractivity contribution in [2.45, 2.75) is 19.5 Å². The van der Waals surface area contributed by atoms with Crippen LogP contribution in [0.25, 0.3) is 0 Å². The second-order valence-corrected chi connectivity index (χ2v) is 4.52. The van der Waals surface area contributed by atoms with E-state index in [0.29, 0.717) is 17.8 Å². The molecule has 2 heterocycles. The molecule has 1 atom stereocenters. The summed E-state index contributed by atoms with van der Waals surface area (Å²) in [6.07, 6.45) is 0. The van der Waals surface area contributed by atoms with Crippen LogP contribution in [0.15, 0.2) is 33.4 Å². The largest absolute Gasteiger partial charge is 0.448 e. The molecule has 0 spiro atoms. The topological polar surface area (TPSA) is 25.2 Å². The Kier molecular flexibility index (Phi) is 3.46. The Morgan fingerprint density at radius 2 is 2.33 bits per heavy atom. The van der Waals surface area contributed by atoms with Crippen molar-refractivity contribution in [2.75, 3.05) is 0 Å². The maximum atomic E-state index is 5.68. The molecular weight excluding hydrogens is 230 g/mol. The van der Waals surface area contributed by atoms with Crippen molar-refractivity contribution in [2.24, 2.45) is 0 Å². The summed E-state index contributed by atoms with van der Waals surface area (Å²) in [7, 11) is 0. The van der Waals surface area contributed by atoms with E-state index in [2.05, 4.69) is 29.1 Å². The lowest BCUT2D eigenvalue weighted by atomic mass is 10.2. The highest BCUT2D eigenvalue weighted by Gasteiger charge is 2.06. The van der Waals surface area contributed by atoms with Gasteiger partial charge in [0.05, 0.1) is 6.54 Å². The van der Waals surface area contributed by atoms with Gasteiger partial charge in [-0.05, 0) is 53.0 Å². The van der Waals surface area contributed by atoms with E-state index in [1.54, 1.807) is 17.4 Å². The molecule has 2 aromatic rings. The maximum absolute atomic E-state index is 5.68. The van der Waals surface area contributed by atoms with Crippen molar-refractivity contribution in [1.82, 2.24) is 5.32 Å². The standard InChI is InChI=1S/C11H12ClNOS/c1-8(9-4-5-15-7-9)13-6-10-2-3-11(12)14-10/h2-5,7-8,13H,6H2,1H3. The predicted molar refractivity (Wildman–Crippen MR) is 63.3 cm³/mol. The lowest BCUT2D eigenvalue weighted by molar-refractivity contribution is 0.462. The second-order valence-electron chi connectivity index (χ2n) is 3.37. The van der Waals surface area contributed by atoms with E-state index in [4.69, 9.17) is 16.0 Å². The fourth-order valence-corrected chi connectivity index (χ4v) is 2.26. The van der Waals surface area contributed by atoms with E-state index in [1.807, 2.05) is 6.07 Å². The van der Waals surface area contributed by atoms with Crippen LogP contribution < -0.4 is 5.32 Å². The Morgan fingerprint density at radius 3 is 2.93 bits per heavy atom. The summed E-state index contributed by atoms with van der Waals surface area (Å²) in [5.41, 5.74) is 1.30. The summed E-state index contributed by atoms with van der Waals surface area (Å²) in [5, 5.41) is 8.03. The van der Waals surface area contributed by atoms with Crippen LogP contribution in [0.1, 0.15) is 24.3 Å². The van der Waals surface area contributed by atoms with Crippen molar-refractivity contribution < 1.29 is 4.42 Å². The minimum absolute atomic E-state index is 0.333. The van der Waals surface area contributed by atoms with Gasteiger partial charge >= 0.3 is 0 Å². The van der Waals surface area contributed by atoms with Gasteiger partial charge in [0.2, 0.25) is 0 Å². The van der Waals surface area contributed by atoms with E-state index in [0.717, 1.165) is 5.76 Å². The molecule has 0 aliphatic heterocycles. The van der Waals surface area contributed by atoms with Crippen LogP contribution >= 0.6 is 22.9 Å². The molecule has 15 heavy (non-hydrogen) atoms. The lowest BCUT2D eigenvalue weighted by Crippen LogP contribution is -2.17. The molecule has 0 amide bonds. The van der Waals surface area contributed by atoms with E-state index in [9.17, 15) is 0 Å². The second kappa shape index (κ2) is 4.84. The molecule has 0 fully saturated rings. The summed E-state index contributed by atoms with van der Waals surface area (Å²) >= 11 is 7.39. The van der Waals surface area contributed by atoms with Gasteiger partial charge in [-0.2, -0.15) is 11.3 Å². The summed E-state index contributed by atoms with van der Waals surface area (Å²) in [6, 6.07) is 6.10. The number of hydrogen-bond acceptors (Lipinski definition) is 3. The number of halogens is 1. The fourth-order valence-electron chi connectivity index (χ4n) is 1.34. The first-order valence-corrected chi connectivity index (χ1v) is 6.07. The van der Waals surface area contributed by atoms with E-state index in [1.165, 1.54) is 5.56 Å². The minimum atomic E-state index is 0.333. The van der Waals surface area contributed by atoms with Crippen LogP contribution in [0, 0.1) is 0 Å². The Morgan fingerprint density at radius 1 is 1.47 bits per heavy atom. The molecule has 1 N–H and O–H groups in total. The molecule has 80 valence electrons. The van der Waals surface area contributed by atoms with Crippen LogP contribution in [-0.4, -0.2) is 0 Å². The monoisotopic (exact) mass is 241 g/mol. The van der Waals surface area contributed by atoms with Gasteiger partial charge in [0, 0.05) is 6.04 Å². The highest BCUT2D eigenvalue weighted by Crippen LogP contribution is 2.17. The lowest BCUT2D eigenvalue weighted by Gasteiger charge is -2.10. The Balaban J connectivity index is 1.88. The molecule has 0 aliphatic carbocycles. The predicted octanol–water partition coefficient (Wildman–Crippen LogP) is 3.85. The van der Waals surface area contributed by atoms with Crippen LogP contribution in [-0.2, 0) is 6.54 Å². The number of rotatable bonds is 4. The molecule has 2 nitrogen and oxygen atoms in total. The quantitative estimate of drug-likeness (QED) is 0.880. The zero-order valence-corrected chi connectivity index (χ0v) is 9.94. The van der Waals surface area contributed by atoms with Crippen molar-refractivity contribution >= 4 is 22.9 Å². The zero-order chi connectivity index (χ0) is 10.7. The van der Waals surface area contributed by atoms with Crippen LogP contribution in [0.3, 0.4) is 0 Å². The van der Waals surface area contributed by atoms with E-state index >= 15 is 0 Å². The minimum Gasteiger partial charge on any atom is -0.448 e. The molecule has 0 saturated carbocycles. The summed E-state index contributed by atoms with van der Waals surface area (Å²) in [5.74, 6) is 0.863. The zero-order valence-electron chi connectivity index (χ0n) is 8.37. The van der Waals surface area contributed by atoms with Gasteiger partial charge in [-0.3, -0.25) is 0 Å². The SMILES string of the molecule is CC(NCc1ccc(Cl)o1)c1ccsc1. The third-order valence-electron chi connectivity index (χ3n) is 2.25. The first kappa shape index (κ1) is 10.7. The molecule has 0 aromatic carbocycles. The fraction of sp³-hybridized carbons (Fsp3) is 0.273. The summed E-state index contributed by atoms with van der Waals surface area (Å²) < 4.78 is 5.26. The average Bonchev–Trinajstić information content (AvgIpc) is 2.84. The Bertz CT molecular complexity index is 410. The normalized spacial score (nSPS) is 12.9. The number of nitrogens with one attached hydrogen (secondary N) is 1. The number of hydrogen-bond donors (Lipinski definition) is 1. The highest BCUT2D eigenvalue weighted by atomic mass is 35.5. The van der Waals surface area contributed by atoms with Crippen molar-refractivity contribution in [3.8, 4) is 0 Å². The Labute approximate surface area is 97.9 Å². The van der Waals surface area contributed by atoms with Gasteiger partial charge in [0.1, 0.15) is 5.76 Å². The first-order chi connectivity index (χ1) is 7.25. The molecule has 2 rings (SSSR count). The molecule has 4 heteroatoms. The maximum Gasteiger partial charge on any atom is 0.193 e. The van der Waals surface area contributed by atoms with Gasteiger partial charge < -0.3 is 9.73 Å². The van der Waals surface area contributed by atoms with Crippen molar-refractivity contribution in [1.29, 1.82) is 0 Å². The van der Waals surface area contributed by atoms with Gasteiger partial charge in [0.15, 0.2) is 5.22 Å². The van der Waals surface area contributed by atoms with Crippen LogP contribution in [0.5, 0.6) is 0 Å². The highest BCUT2D eigenvalue weighted by molar-refractivity contribution is 7.07. The average molecular weight is 242 g/mol. The van der Waals surface area contributed by atoms with Crippen molar-refractivity contribution in [3.63, 3.8) is 0 Å². The molecule has 0 bridgehead atoms. The van der Waals surface area contributed by atoms with Crippen LogP contribution in [0.4, 0.5) is 0 Å². The molecule has 0 aliphatic rings. The van der Waals surface area contributed by atoms with Gasteiger partial charge in [-0.25, -0.2) is 0 Å². The first-order valence-electron chi connectivity index (χ1n) is 4.75. The molecule has 2 aromatic heterocycles. The molecule has 0 saturated heterocycles. The molecule has 1 unspecified atom stereocenters. The number of furan rings is 1. The molecule has 0 radical (unpaired) electrons. The third-order valence-corrected chi connectivity index (χ3v) is 3.16.